The number of hydrogen-bond donors (Lipinski definition) is 2. The van der Waals surface area contributed by atoms with Gasteiger partial charge in [0.15, 0.2) is 5.69 Å². The van der Waals surface area contributed by atoms with E-state index in [0.29, 0.717) is 38.2 Å². The Labute approximate surface area is 290 Å². The molecule has 0 aliphatic carbocycles. The zero-order chi connectivity index (χ0) is 34.9. The number of ether oxygens (including phenoxy) is 1. The van der Waals surface area contributed by atoms with Crippen molar-refractivity contribution in [2.24, 2.45) is 0 Å². The van der Waals surface area contributed by atoms with Crippen LogP contribution >= 0.6 is 23.2 Å². The van der Waals surface area contributed by atoms with E-state index in [1.54, 1.807) is 41.1 Å². The fourth-order valence-electron chi connectivity index (χ4n) is 5.18. The lowest BCUT2D eigenvalue weighted by Gasteiger charge is -2.10. The SMILES string of the molecule is Cc1cc(Oc2ccc(Cn3nc(C(=O)NS(=O)(=O)c4ccc(NCc5ccco5)c([N+](=O)[O-])c4)c4cc(Cl)ccc43)cc2)cc(C)c1Cl. The number of carbonyl (C=O) groups excluding carboxylic acids is 1. The van der Waals surface area contributed by atoms with Crippen LogP contribution in [0.2, 0.25) is 10.0 Å². The van der Waals surface area contributed by atoms with Crippen LogP contribution in [-0.2, 0) is 23.1 Å². The van der Waals surface area contributed by atoms with E-state index in [4.69, 9.17) is 32.4 Å². The highest BCUT2D eigenvalue weighted by molar-refractivity contribution is 7.90. The number of aromatic nitrogens is 2. The van der Waals surface area contributed by atoms with Gasteiger partial charge in [0.25, 0.3) is 21.6 Å². The molecule has 0 saturated heterocycles. The summed E-state index contributed by atoms with van der Waals surface area (Å²) < 4.78 is 41.4. The van der Waals surface area contributed by atoms with Crippen LogP contribution in [0.15, 0.2) is 101 Å². The smallest absolute Gasteiger partial charge is 0.293 e. The van der Waals surface area contributed by atoms with Crippen molar-refractivity contribution in [3.63, 3.8) is 0 Å². The minimum Gasteiger partial charge on any atom is -0.467 e. The third-order valence-corrected chi connectivity index (χ3v) is 9.73. The van der Waals surface area contributed by atoms with E-state index in [9.17, 15) is 23.3 Å². The third-order valence-electron chi connectivity index (χ3n) is 7.57. The molecule has 2 N–H and O–H groups in total. The van der Waals surface area contributed by atoms with Gasteiger partial charge < -0.3 is 14.5 Å². The van der Waals surface area contributed by atoms with E-state index < -0.39 is 31.4 Å². The van der Waals surface area contributed by atoms with Gasteiger partial charge in [-0.3, -0.25) is 19.6 Å². The first-order chi connectivity index (χ1) is 23.4. The zero-order valence-electron chi connectivity index (χ0n) is 25.9. The molecule has 2 aromatic heterocycles. The summed E-state index contributed by atoms with van der Waals surface area (Å²) >= 11 is 12.5. The number of amides is 1. The number of sulfonamides is 1. The fraction of sp³-hybridized carbons (Fsp3) is 0.118. The molecule has 0 unspecified atom stereocenters. The molecule has 250 valence electrons. The molecule has 1 amide bonds. The standard InChI is InChI=1S/C34H27Cl2N5O7S/c1-20-14-26(15-21(2)32(20)36)48-24-8-5-22(6-9-24)19-40-30-12-7-23(35)16-28(30)33(38-40)34(42)39-49(45,46)27-10-11-29(31(17-27)41(43)44)37-18-25-4-3-13-47-25/h3-17,37H,18-19H2,1-2H3,(H,39,42). The Morgan fingerprint density at radius 1 is 0.980 bits per heavy atom. The number of halogens is 2. The Morgan fingerprint density at radius 3 is 2.39 bits per heavy atom. The predicted molar refractivity (Wildman–Crippen MR) is 185 cm³/mol. The highest BCUT2D eigenvalue weighted by Gasteiger charge is 2.27. The average Bonchev–Trinajstić information content (AvgIpc) is 3.71. The van der Waals surface area contributed by atoms with Crippen molar-refractivity contribution >= 4 is 61.4 Å². The lowest BCUT2D eigenvalue weighted by Crippen LogP contribution is -2.31. The number of nitrogens with one attached hydrogen (secondary N) is 2. The first-order valence-corrected chi connectivity index (χ1v) is 16.9. The van der Waals surface area contributed by atoms with Crippen LogP contribution in [0.25, 0.3) is 10.9 Å². The van der Waals surface area contributed by atoms with Crippen molar-refractivity contribution < 1.29 is 27.3 Å². The van der Waals surface area contributed by atoms with Crippen molar-refractivity contribution in [2.45, 2.75) is 31.8 Å². The Hall–Kier alpha value is -5.37. The molecule has 0 spiro atoms. The Kier molecular flexibility index (Phi) is 9.32. The lowest BCUT2D eigenvalue weighted by atomic mass is 10.1. The van der Waals surface area contributed by atoms with Gasteiger partial charge in [-0.15, -0.1) is 0 Å². The van der Waals surface area contributed by atoms with E-state index in [0.717, 1.165) is 28.8 Å². The van der Waals surface area contributed by atoms with E-state index >= 15 is 0 Å². The number of benzene rings is 4. The maximum atomic E-state index is 13.4. The summed E-state index contributed by atoms with van der Waals surface area (Å²) in [7, 11) is -4.56. The maximum Gasteiger partial charge on any atom is 0.293 e. The van der Waals surface area contributed by atoms with Crippen molar-refractivity contribution in [3.05, 3.63) is 139 Å². The van der Waals surface area contributed by atoms with Gasteiger partial charge >= 0.3 is 0 Å². The highest BCUT2D eigenvalue weighted by atomic mass is 35.5. The first kappa shape index (κ1) is 33.5. The molecule has 0 aliphatic rings. The molecule has 12 nitrogen and oxygen atoms in total. The van der Waals surface area contributed by atoms with Gasteiger partial charge in [-0.2, -0.15) is 5.10 Å². The molecule has 0 atom stereocenters. The lowest BCUT2D eigenvalue weighted by molar-refractivity contribution is -0.384. The molecule has 6 aromatic rings. The quantitative estimate of drug-likeness (QED) is 0.0998. The molecule has 0 radical (unpaired) electrons. The topological polar surface area (TPSA) is 159 Å². The Bertz CT molecular complexity index is 2300. The fourth-order valence-corrected chi connectivity index (χ4v) is 6.43. The van der Waals surface area contributed by atoms with Crippen molar-refractivity contribution in [2.75, 3.05) is 5.32 Å². The van der Waals surface area contributed by atoms with Crippen LogP contribution in [0.1, 0.15) is 32.9 Å². The number of anilines is 1. The van der Waals surface area contributed by atoms with E-state index in [1.807, 2.05) is 42.8 Å². The van der Waals surface area contributed by atoms with Gasteiger partial charge in [-0.25, -0.2) is 13.1 Å². The number of carbonyl (C=O) groups is 1. The number of aryl methyl sites for hydroxylation is 2. The van der Waals surface area contributed by atoms with Crippen LogP contribution in [0.4, 0.5) is 11.4 Å². The van der Waals surface area contributed by atoms with Crippen LogP contribution in [0.5, 0.6) is 11.5 Å². The maximum absolute atomic E-state index is 13.4. The van der Waals surface area contributed by atoms with Crippen LogP contribution < -0.4 is 14.8 Å². The van der Waals surface area contributed by atoms with Gasteiger partial charge in [0.1, 0.15) is 22.9 Å². The molecule has 49 heavy (non-hydrogen) atoms. The molecule has 4 aromatic carbocycles. The van der Waals surface area contributed by atoms with Gasteiger partial charge in [-0.1, -0.05) is 35.3 Å². The van der Waals surface area contributed by atoms with Crippen LogP contribution in [0, 0.1) is 24.0 Å². The van der Waals surface area contributed by atoms with Crippen molar-refractivity contribution in [3.8, 4) is 11.5 Å². The summed E-state index contributed by atoms with van der Waals surface area (Å²) in [5.74, 6) is 0.746. The molecule has 0 bridgehead atoms. The van der Waals surface area contributed by atoms with Crippen LogP contribution in [0.3, 0.4) is 0 Å². The zero-order valence-corrected chi connectivity index (χ0v) is 28.3. The van der Waals surface area contributed by atoms with Crippen molar-refractivity contribution in [1.82, 2.24) is 14.5 Å². The molecule has 6 rings (SSSR count). The number of nitro benzene ring substituents is 1. The van der Waals surface area contributed by atoms with E-state index in [1.165, 1.54) is 18.4 Å². The van der Waals surface area contributed by atoms with Crippen molar-refractivity contribution in [1.29, 1.82) is 0 Å². The van der Waals surface area contributed by atoms with E-state index in [-0.39, 0.29) is 24.5 Å². The number of hydrogen-bond acceptors (Lipinski definition) is 9. The second-order valence-electron chi connectivity index (χ2n) is 11.1. The number of furan rings is 1. The Balaban J connectivity index is 1.22. The summed E-state index contributed by atoms with van der Waals surface area (Å²) in [6.45, 7) is 4.18. The number of nitro groups is 1. The number of nitrogens with zero attached hydrogens (tertiary/aromatic N) is 3. The molecular weight excluding hydrogens is 693 g/mol. The summed E-state index contributed by atoms with van der Waals surface area (Å²) in [5.41, 5.74) is 2.53. The molecule has 2 heterocycles. The monoisotopic (exact) mass is 719 g/mol. The summed E-state index contributed by atoms with van der Waals surface area (Å²) in [6, 6.07) is 22.5. The summed E-state index contributed by atoms with van der Waals surface area (Å²) in [6.07, 6.45) is 1.46. The molecule has 0 fully saturated rings. The number of fused-ring (bicyclic) bond motifs is 1. The van der Waals surface area contributed by atoms with Gasteiger partial charge in [0.05, 0.1) is 34.7 Å². The third kappa shape index (κ3) is 7.38. The minimum absolute atomic E-state index is 0.0702. The number of rotatable bonds is 11. The molecule has 0 saturated carbocycles. The first-order valence-electron chi connectivity index (χ1n) is 14.7. The normalized spacial score (nSPS) is 11.4. The second-order valence-corrected chi connectivity index (χ2v) is 13.6. The summed E-state index contributed by atoms with van der Waals surface area (Å²) in [4.78, 5) is 24.0. The minimum atomic E-state index is -4.56. The van der Waals surface area contributed by atoms with E-state index in [2.05, 4.69) is 10.4 Å². The van der Waals surface area contributed by atoms with Crippen LogP contribution in [-0.4, -0.2) is 29.0 Å². The predicted octanol–water partition coefficient (Wildman–Crippen LogP) is 8.03. The molecular formula is C34H27Cl2N5O7S. The molecule has 0 aliphatic heterocycles. The Morgan fingerprint density at radius 2 is 1.71 bits per heavy atom. The second kappa shape index (κ2) is 13.6. The highest BCUT2D eigenvalue weighted by Crippen LogP contribution is 2.31. The summed E-state index contributed by atoms with van der Waals surface area (Å²) in [5, 5.41) is 20.4. The largest absolute Gasteiger partial charge is 0.467 e. The van der Waals surface area contributed by atoms with Gasteiger partial charge in [0.2, 0.25) is 0 Å². The van der Waals surface area contributed by atoms with Gasteiger partial charge in [-0.05, 0) is 97.3 Å². The average molecular weight is 721 g/mol. The van der Waals surface area contributed by atoms with Gasteiger partial charge in [0, 0.05) is 21.5 Å². The molecule has 15 heteroatoms.